The molecule has 7 rings (SSSR count). The second-order valence-electron chi connectivity index (χ2n) is 13.5. The fourth-order valence-corrected chi connectivity index (χ4v) is 6.95. The van der Waals surface area contributed by atoms with Gasteiger partial charge in [-0.2, -0.15) is 0 Å². The third-order valence-electron chi connectivity index (χ3n) is 9.93. The molecule has 0 atom stereocenters. The van der Waals surface area contributed by atoms with Crippen LogP contribution in [-0.2, 0) is 24.8 Å². The molecule has 3 heterocycles. The van der Waals surface area contributed by atoms with Crippen molar-refractivity contribution in [3.05, 3.63) is 117 Å². The van der Waals surface area contributed by atoms with Gasteiger partial charge in [-0.25, -0.2) is 23.4 Å². The number of carbonyl (C=O) groups is 1. The van der Waals surface area contributed by atoms with E-state index in [0.29, 0.717) is 29.3 Å². The second kappa shape index (κ2) is 15.5. The number of halogens is 2. The molecule has 52 heavy (non-hydrogen) atoms. The van der Waals surface area contributed by atoms with Gasteiger partial charge in [0, 0.05) is 67.9 Å². The number of ketones is 1. The van der Waals surface area contributed by atoms with Gasteiger partial charge >= 0.3 is 0 Å². The molecule has 0 radical (unpaired) electrons. The number of fused-ring (bicyclic) bond motifs is 1. The molecule has 1 saturated heterocycles. The van der Waals surface area contributed by atoms with Crippen molar-refractivity contribution < 1.29 is 23.0 Å². The molecule has 0 bridgehead atoms. The smallest absolute Gasteiger partial charge is 0.278 e. The van der Waals surface area contributed by atoms with Gasteiger partial charge in [0.25, 0.3) is 5.56 Å². The lowest BCUT2D eigenvalue weighted by molar-refractivity contribution is 0.0982. The van der Waals surface area contributed by atoms with Gasteiger partial charge in [-0.15, -0.1) is 0 Å². The van der Waals surface area contributed by atoms with Gasteiger partial charge in [0.15, 0.2) is 17.4 Å². The molecule has 0 amide bonds. The number of morpholine rings is 1. The first-order valence-corrected chi connectivity index (χ1v) is 17.8. The van der Waals surface area contributed by atoms with Gasteiger partial charge < -0.3 is 14.4 Å². The van der Waals surface area contributed by atoms with E-state index in [2.05, 4.69) is 46.0 Å². The van der Waals surface area contributed by atoms with Crippen molar-refractivity contribution in [2.75, 3.05) is 31.2 Å². The number of benzene rings is 3. The number of ether oxygens (including phenoxy) is 2. The average Bonchev–Trinajstić information content (AvgIpc) is 3.74. The van der Waals surface area contributed by atoms with E-state index in [1.807, 2.05) is 18.3 Å². The quantitative estimate of drug-likeness (QED) is 0.121. The maximum Gasteiger partial charge on any atom is 0.278 e. The van der Waals surface area contributed by atoms with Crippen LogP contribution in [-0.4, -0.2) is 57.5 Å². The van der Waals surface area contributed by atoms with Gasteiger partial charge in [0.1, 0.15) is 22.7 Å². The Morgan fingerprint density at radius 2 is 1.75 bits per heavy atom. The number of carbonyl (C=O) groups excluding carboxylic acids is 1. The summed E-state index contributed by atoms with van der Waals surface area (Å²) in [5, 5.41) is 0.823. The highest BCUT2D eigenvalue weighted by Crippen LogP contribution is 2.31. The van der Waals surface area contributed by atoms with E-state index in [9.17, 15) is 18.4 Å². The van der Waals surface area contributed by atoms with Crippen molar-refractivity contribution in [2.24, 2.45) is 7.05 Å². The summed E-state index contributed by atoms with van der Waals surface area (Å²) in [5.74, 6) is 5.39. The SMILES string of the molecule is Cc1c(C(=O)CCC#Cc2cc(OC3CCCC3)c3nc(Cc4ccc(N5CCOCC5)cc4)ncc3c2)c(=O)n(Cc2ccc(F)c(F)c2)n1C. The van der Waals surface area contributed by atoms with Gasteiger partial charge in [-0.3, -0.25) is 14.3 Å². The van der Waals surface area contributed by atoms with Crippen LogP contribution >= 0.6 is 0 Å². The van der Waals surface area contributed by atoms with Crippen LogP contribution in [0.2, 0.25) is 0 Å². The summed E-state index contributed by atoms with van der Waals surface area (Å²) in [5.41, 5.74) is 4.30. The Balaban J connectivity index is 1.06. The Morgan fingerprint density at radius 1 is 1.00 bits per heavy atom. The van der Waals surface area contributed by atoms with Crippen molar-refractivity contribution in [1.29, 1.82) is 0 Å². The minimum absolute atomic E-state index is 0.00133. The summed E-state index contributed by atoms with van der Waals surface area (Å²) >= 11 is 0. The van der Waals surface area contributed by atoms with Crippen molar-refractivity contribution in [1.82, 2.24) is 19.3 Å². The summed E-state index contributed by atoms with van der Waals surface area (Å²) in [6.45, 7) is 4.97. The maximum absolute atomic E-state index is 13.8. The predicted molar refractivity (Wildman–Crippen MR) is 195 cm³/mol. The molecule has 268 valence electrons. The molecule has 3 aromatic carbocycles. The monoisotopic (exact) mass is 705 g/mol. The number of anilines is 1. The van der Waals surface area contributed by atoms with Crippen LogP contribution in [0.15, 0.2) is 65.6 Å². The Morgan fingerprint density at radius 3 is 2.50 bits per heavy atom. The van der Waals surface area contributed by atoms with Crippen LogP contribution in [0.1, 0.15) is 77.1 Å². The fraction of sp³-hybridized carbons (Fsp3) is 0.366. The molecule has 1 saturated carbocycles. The molecule has 2 fully saturated rings. The minimum atomic E-state index is -0.992. The zero-order valence-electron chi connectivity index (χ0n) is 29.5. The Kier molecular flexibility index (Phi) is 10.5. The fourth-order valence-electron chi connectivity index (χ4n) is 6.95. The highest BCUT2D eigenvalue weighted by atomic mass is 19.2. The molecule has 2 aromatic heterocycles. The van der Waals surface area contributed by atoms with E-state index >= 15 is 0 Å². The summed E-state index contributed by atoms with van der Waals surface area (Å²) in [6.07, 6.45) is 7.08. The molecule has 9 nitrogen and oxygen atoms in total. The van der Waals surface area contributed by atoms with E-state index in [0.717, 1.165) is 86.1 Å². The van der Waals surface area contributed by atoms with Gasteiger partial charge in [-0.1, -0.05) is 30.0 Å². The zero-order chi connectivity index (χ0) is 36.2. The molecule has 1 aliphatic heterocycles. The number of aromatic nitrogens is 4. The Labute approximate surface area is 301 Å². The number of Topliss-reactive ketones (excluding diaryl/α,β-unsaturated/α-hetero) is 1. The molecule has 0 unspecified atom stereocenters. The second-order valence-corrected chi connectivity index (χ2v) is 13.5. The normalized spacial score (nSPS) is 14.8. The van der Waals surface area contributed by atoms with Gasteiger partial charge in [0.2, 0.25) is 0 Å². The summed E-state index contributed by atoms with van der Waals surface area (Å²) < 4.78 is 42.1. The van der Waals surface area contributed by atoms with Crippen molar-refractivity contribution >= 4 is 22.4 Å². The first kappa shape index (κ1) is 35.1. The first-order chi connectivity index (χ1) is 25.2. The summed E-state index contributed by atoms with van der Waals surface area (Å²) in [7, 11) is 1.66. The Bertz CT molecular complexity index is 2220. The first-order valence-electron chi connectivity index (χ1n) is 17.8. The van der Waals surface area contributed by atoms with Gasteiger partial charge in [0.05, 0.1) is 25.9 Å². The number of hydrogen-bond donors (Lipinski definition) is 0. The number of nitrogens with zero attached hydrogens (tertiary/aromatic N) is 5. The molecule has 0 N–H and O–H groups in total. The van der Waals surface area contributed by atoms with Gasteiger partial charge in [-0.05, 0) is 80.1 Å². The Hall–Kier alpha value is -5.34. The standard InChI is InChI=1S/C41H41F2N5O4/c1-27-39(41(50)48(46(27)2)26-30-13-16-34(42)35(43)22-30)36(49)10-6-3-7-29-21-31-25-44-38(45-40(31)37(23-29)52-33-8-4-5-9-33)24-28-11-14-32(15-12-28)47-17-19-51-20-18-47/h11-16,21-23,25,33H,4-6,8-10,17-20,24,26H2,1-2H3. The highest BCUT2D eigenvalue weighted by molar-refractivity contribution is 5.97. The van der Waals surface area contributed by atoms with Crippen LogP contribution in [0.25, 0.3) is 10.9 Å². The summed E-state index contributed by atoms with van der Waals surface area (Å²) in [4.78, 5) is 38.5. The highest BCUT2D eigenvalue weighted by Gasteiger charge is 2.22. The molecule has 0 spiro atoms. The maximum atomic E-state index is 13.8. The van der Waals surface area contributed by atoms with E-state index in [1.54, 1.807) is 18.7 Å². The summed E-state index contributed by atoms with van der Waals surface area (Å²) in [6, 6.07) is 15.9. The van der Waals surface area contributed by atoms with Crippen molar-refractivity contribution in [2.45, 2.75) is 64.5 Å². The molecular formula is C41H41F2N5O4. The minimum Gasteiger partial charge on any atom is -0.488 e. The molecule has 11 heteroatoms. The number of hydrogen-bond acceptors (Lipinski definition) is 7. The third kappa shape index (κ3) is 7.77. The average molecular weight is 706 g/mol. The van der Waals surface area contributed by atoms with Crippen LogP contribution in [0.3, 0.4) is 0 Å². The topological polar surface area (TPSA) is 91.5 Å². The van der Waals surface area contributed by atoms with Crippen LogP contribution in [0.4, 0.5) is 14.5 Å². The predicted octanol–water partition coefficient (Wildman–Crippen LogP) is 6.53. The lowest BCUT2D eigenvalue weighted by atomic mass is 10.1. The van der Waals surface area contributed by atoms with E-state index in [-0.39, 0.29) is 36.8 Å². The third-order valence-corrected chi connectivity index (χ3v) is 9.93. The van der Waals surface area contributed by atoms with Crippen LogP contribution < -0.4 is 15.2 Å². The van der Waals surface area contributed by atoms with E-state index < -0.39 is 17.2 Å². The lowest BCUT2D eigenvalue weighted by Gasteiger charge is -2.28. The molecule has 5 aromatic rings. The molecule has 2 aliphatic rings. The lowest BCUT2D eigenvalue weighted by Crippen LogP contribution is -2.36. The largest absolute Gasteiger partial charge is 0.488 e. The molecular weight excluding hydrogens is 664 g/mol. The van der Waals surface area contributed by atoms with E-state index in [4.69, 9.17) is 14.5 Å². The number of rotatable bonds is 10. The van der Waals surface area contributed by atoms with Crippen LogP contribution in [0.5, 0.6) is 5.75 Å². The van der Waals surface area contributed by atoms with Crippen molar-refractivity contribution in [3.63, 3.8) is 0 Å². The molecule has 1 aliphatic carbocycles. The van der Waals surface area contributed by atoms with E-state index in [1.165, 1.54) is 16.4 Å². The van der Waals surface area contributed by atoms with Crippen LogP contribution in [0, 0.1) is 30.4 Å². The zero-order valence-corrected chi connectivity index (χ0v) is 29.5. The van der Waals surface area contributed by atoms with Crippen molar-refractivity contribution in [3.8, 4) is 17.6 Å².